The van der Waals surface area contributed by atoms with Crippen molar-refractivity contribution in [3.63, 3.8) is 0 Å². The van der Waals surface area contributed by atoms with Gasteiger partial charge in [0.2, 0.25) is 0 Å². The van der Waals surface area contributed by atoms with Gasteiger partial charge in [0.1, 0.15) is 5.75 Å². The first-order valence-corrected chi connectivity index (χ1v) is 7.44. The molecule has 0 saturated carbocycles. The van der Waals surface area contributed by atoms with Gasteiger partial charge in [-0.2, -0.15) is 0 Å². The summed E-state index contributed by atoms with van der Waals surface area (Å²) < 4.78 is 5.68. The Labute approximate surface area is 131 Å². The van der Waals surface area contributed by atoms with Crippen LogP contribution in [0.25, 0.3) is 0 Å². The quantitative estimate of drug-likeness (QED) is 0.794. The molecule has 0 bridgehead atoms. The lowest BCUT2D eigenvalue weighted by molar-refractivity contribution is 0.102. The van der Waals surface area contributed by atoms with E-state index in [-0.39, 0.29) is 5.91 Å². The van der Waals surface area contributed by atoms with Gasteiger partial charge in [-0.15, -0.1) is 0 Å². The maximum Gasteiger partial charge on any atom is 0.255 e. The highest BCUT2D eigenvalue weighted by atomic mass is 16.5. The Morgan fingerprint density at radius 1 is 1.18 bits per heavy atom. The lowest BCUT2D eigenvalue weighted by Crippen LogP contribution is -2.12. The average Bonchev–Trinajstić information content (AvgIpc) is 2.49. The number of benzene rings is 2. The SMILES string of the molecule is CC(C)CCOc1cccc(C(=O)Nc2ccc(N)cc2)c1. The summed E-state index contributed by atoms with van der Waals surface area (Å²) in [7, 11) is 0. The lowest BCUT2D eigenvalue weighted by atomic mass is 10.1. The van der Waals surface area contributed by atoms with Crippen LogP contribution in [0.4, 0.5) is 11.4 Å². The Kier molecular flexibility index (Phi) is 5.42. The summed E-state index contributed by atoms with van der Waals surface area (Å²) in [5.41, 5.74) is 7.57. The van der Waals surface area contributed by atoms with E-state index >= 15 is 0 Å². The molecule has 2 aromatic rings. The molecule has 0 spiro atoms. The molecule has 4 heteroatoms. The van der Waals surface area contributed by atoms with E-state index in [1.165, 1.54) is 0 Å². The van der Waals surface area contributed by atoms with Crippen molar-refractivity contribution in [2.45, 2.75) is 20.3 Å². The molecule has 22 heavy (non-hydrogen) atoms. The van der Waals surface area contributed by atoms with E-state index in [4.69, 9.17) is 10.5 Å². The molecule has 3 N–H and O–H groups in total. The van der Waals surface area contributed by atoms with Crippen LogP contribution in [0.3, 0.4) is 0 Å². The summed E-state index contributed by atoms with van der Waals surface area (Å²) in [5.74, 6) is 1.14. The minimum atomic E-state index is -0.168. The lowest BCUT2D eigenvalue weighted by Gasteiger charge is -2.10. The smallest absolute Gasteiger partial charge is 0.255 e. The van der Waals surface area contributed by atoms with Crippen LogP contribution in [0.15, 0.2) is 48.5 Å². The largest absolute Gasteiger partial charge is 0.494 e. The highest BCUT2D eigenvalue weighted by molar-refractivity contribution is 6.04. The van der Waals surface area contributed by atoms with Gasteiger partial charge >= 0.3 is 0 Å². The molecule has 0 unspecified atom stereocenters. The van der Waals surface area contributed by atoms with Crippen molar-refractivity contribution in [2.24, 2.45) is 5.92 Å². The van der Waals surface area contributed by atoms with Crippen molar-refractivity contribution in [3.05, 3.63) is 54.1 Å². The number of hydrogen-bond donors (Lipinski definition) is 2. The fraction of sp³-hybridized carbons (Fsp3) is 0.278. The van der Waals surface area contributed by atoms with Crippen molar-refractivity contribution < 1.29 is 9.53 Å². The minimum Gasteiger partial charge on any atom is -0.494 e. The third-order valence-electron chi connectivity index (χ3n) is 3.23. The molecule has 0 aliphatic heterocycles. The van der Waals surface area contributed by atoms with Crippen LogP contribution in [0.5, 0.6) is 5.75 Å². The molecular weight excluding hydrogens is 276 g/mol. The number of anilines is 2. The van der Waals surface area contributed by atoms with Gasteiger partial charge in [-0.25, -0.2) is 0 Å². The molecule has 2 aromatic carbocycles. The molecule has 4 nitrogen and oxygen atoms in total. The maximum absolute atomic E-state index is 12.2. The van der Waals surface area contributed by atoms with Crippen molar-refractivity contribution in [2.75, 3.05) is 17.7 Å². The van der Waals surface area contributed by atoms with Crippen LogP contribution in [-0.2, 0) is 0 Å². The number of carbonyl (C=O) groups is 1. The van der Waals surface area contributed by atoms with Gasteiger partial charge in [0, 0.05) is 16.9 Å². The first-order chi connectivity index (χ1) is 10.5. The van der Waals surface area contributed by atoms with Gasteiger partial charge in [0.25, 0.3) is 5.91 Å². The zero-order chi connectivity index (χ0) is 15.9. The van der Waals surface area contributed by atoms with Crippen LogP contribution in [-0.4, -0.2) is 12.5 Å². The van der Waals surface area contributed by atoms with E-state index in [9.17, 15) is 4.79 Å². The number of nitrogens with one attached hydrogen (secondary N) is 1. The van der Waals surface area contributed by atoms with Crippen LogP contribution < -0.4 is 15.8 Å². The van der Waals surface area contributed by atoms with E-state index < -0.39 is 0 Å². The van der Waals surface area contributed by atoms with Crippen LogP contribution >= 0.6 is 0 Å². The predicted molar refractivity (Wildman–Crippen MR) is 90.2 cm³/mol. The van der Waals surface area contributed by atoms with Crippen molar-refractivity contribution in [3.8, 4) is 5.75 Å². The highest BCUT2D eigenvalue weighted by Crippen LogP contribution is 2.17. The number of nitrogen functional groups attached to an aromatic ring is 1. The molecule has 116 valence electrons. The second-order valence-corrected chi connectivity index (χ2v) is 5.63. The minimum absolute atomic E-state index is 0.168. The first-order valence-electron chi connectivity index (χ1n) is 7.44. The summed E-state index contributed by atoms with van der Waals surface area (Å²) in [5, 5.41) is 2.84. The summed E-state index contributed by atoms with van der Waals surface area (Å²) in [4.78, 5) is 12.2. The molecule has 2 rings (SSSR count). The number of carbonyl (C=O) groups excluding carboxylic acids is 1. The second kappa shape index (κ2) is 7.50. The molecule has 0 saturated heterocycles. The van der Waals surface area contributed by atoms with Gasteiger partial charge in [-0.3, -0.25) is 4.79 Å². The van der Waals surface area contributed by atoms with Crippen molar-refractivity contribution in [1.82, 2.24) is 0 Å². The Morgan fingerprint density at radius 3 is 2.59 bits per heavy atom. The van der Waals surface area contributed by atoms with Crippen LogP contribution in [0.1, 0.15) is 30.6 Å². The fourth-order valence-electron chi connectivity index (χ4n) is 1.91. The zero-order valence-electron chi connectivity index (χ0n) is 13.0. The number of hydrogen-bond acceptors (Lipinski definition) is 3. The zero-order valence-corrected chi connectivity index (χ0v) is 13.0. The molecule has 1 amide bonds. The predicted octanol–water partition coefficient (Wildman–Crippen LogP) is 3.95. The van der Waals surface area contributed by atoms with E-state index in [1.54, 1.807) is 36.4 Å². The number of ether oxygens (including phenoxy) is 1. The molecule has 0 radical (unpaired) electrons. The summed E-state index contributed by atoms with van der Waals surface area (Å²) in [6, 6.07) is 14.3. The molecule has 0 atom stereocenters. The Balaban J connectivity index is 1.99. The summed E-state index contributed by atoms with van der Waals surface area (Å²) >= 11 is 0. The number of rotatable bonds is 6. The van der Waals surface area contributed by atoms with E-state index in [2.05, 4.69) is 19.2 Å². The van der Waals surface area contributed by atoms with Crippen LogP contribution in [0, 0.1) is 5.92 Å². The van der Waals surface area contributed by atoms with Crippen molar-refractivity contribution >= 4 is 17.3 Å². The van der Waals surface area contributed by atoms with E-state index in [0.717, 1.165) is 6.42 Å². The molecule has 0 aliphatic carbocycles. The van der Waals surface area contributed by atoms with Gasteiger partial charge < -0.3 is 15.8 Å². The van der Waals surface area contributed by atoms with Gasteiger partial charge in [-0.1, -0.05) is 19.9 Å². The van der Waals surface area contributed by atoms with E-state index in [1.807, 2.05) is 12.1 Å². The third kappa shape index (κ3) is 4.81. The first kappa shape index (κ1) is 15.9. The molecule has 0 aromatic heterocycles. The molecule has 0 aliphatic rings. The topological polar surface area (TPSA) is 64.3 Å². The van der Waals surface area contributed by atoms with Crippen molar-refractivity contribution in [1.29, 1.82) is 0 Å². The van der Waals surface area contributed by atoms with Crippen LogP contribution in [0.2, 0.25) is 0 Å². The van der Waals surface area contributed by atoms with Gasteiger partial charge in [0.05, 0.1) is 6.61 Å². The standard InChI is InChI=1S/C18H22N2O2/c1-13(2)10-11-22-17-5-3-4-14(12-17)18(21)20-16-8-6-15(19)7-9-16/h3-9,12-13H,10-11,19H2,1-2H3,(H,20,21). The Bertz CT molecular complexity index is 621. The second-order valence-electron chi connectivity index (χ2n) is 5.63. The van der Waals surface area contributed by atoms with Gasteiger partial charge in [-0.05, 0) is 54.8 Å². The Morgan fingerprint density at radius 2 is 1.91 bits per heavy atom. The average molecular weight is 298 g/mol. The number of amides is 1. The molecule has 0 heterocycles. The monoisotopic (exact) mass is 298 g/mol. The summed E-state index contributed by atoms with van der Waals surface area (Å²) in [6.07, 6.45) is 0.988. The highest BCUT2D eigenvalue weighted by Gasteiger charge is 2.07. The Hall–Kier alpha value is -2.49. The van der Waals surface area contributed by atoms with Gasteiger partial charge in [0.15, 0.2) is 0 Å². The number of nitrogens with two attached hydrogens (primary N) is 1. The molecule has 0 fully saturated rings. The third-order valence-corrected chi connectivity index (χ3v) is 3.23. The molecular formula is C18H22N2O2. The normalized spacial score (nSPS) is 10.5. The maximum atomic E-state index is 12.2. The van der Waals surface area contributed by atoms with E-state index in [0.29, 0.717) is 35.2 Å². The fourth-order valence-corrected chi connectivity index (χ4v) is 1.91. The summed E-state index contributed by atoms with van der Waals surface area (Å²) in [6.45, 7) is 4.96.